The summed E-state index contributed by atoms with van der Waals surface area (Å²) in [5, 5.41) is 36.6. The maximum atomic E-state index is 12.4. The van der Waals surface area contributed by atoms with Crippen molar-refractivity contribution >= 4 is 29.1 Å². The van der Waals surface area contributed by atoms with E-state index in [1.54, 1.807) is 24.3 Å². The Labute approximate surface area is 215 Å². The molecular formula is C27H30Cl2N2O4. The highest BCUT2D eigenvalue weighted by Gasteiger charge is 2.13. The molecule has 1 amide bonds. The minimum atomic E-state index is -0.770. The van der Waals surface area contributed by atoms with Crippen LogP contribution in [-0.4, -0.2) is 33.8 Å². The quantitative estimate of drug-likeness (QED) is 0.261. The highest BCUT2D eigenvalue weighted by Crippen LogP contribution is 2.23. The zero-order chi connectivity index (χ0) is 25.4. The van der Waals surface area contributed by atoms with Crippen molar-refractivity contribution in [2.24, 2.45) is 0 Å². The van der Waals surface area contributed by atoms with Crippen molar-refractivity contribution in [1.29, 1.82) is 0 Å². The smallest absolute Gasteiger partial charge is 0.224 e. The Morgan fingerprint density at radius 1 is 0.971 bits per heavy atom. The number of benzene rings is 3. The van der Waals surface area contributed by atoms with E-state index < -0.39 is 6.10 Å². The first-order valence-corrected chi connectivity index (χ1v) is 12.1. The molecule has 3 rings (SSSR count). The van der Waals surface area contributed by atoms with Crippen LogP contribution in [0.25, 0.3) is 0 Å². The number of carbonyl (C=O) groups is 1. The van der Waals surface area contributed by atoms with Gasteiger partial charge in [-0.3, -0.25) is 4.79 Å². The molecule has 0 aliphatic rings. The Balaban J connectivity index is 1.48. The fourth-order valence-corrected chi connectivity index (χ4v) is 4.08. The first kappa shape index (κ1) is 27.0. The van der Waals surface area contributed by atoms with Gasteiger partial charge in [0.05, 0.1) is 29.2 Å². The average Bonchev–Trinajstić information content (AvgIpc) is 2.83. The Morgan fingerprint density at radius 2 is 1.74 bits per heavy atom. The zero-order valence-electron chi connectivity index (χ0n) is 19.5. The van der Waals surface area contributed by atoms with Crippen LogP contribution in [0.2, 0.25) is 10.0 Å². The van der Waals surface area contributed by atoms with Crippen LogP contribution in [0.4, 0.5) is 0 Å². The van der Waals surface area contributed by atoms with E-state index in [4.69, 9.17) is 23.2 Å². The van der Waals surface area contributed by atoms with Gasteiger partial charge in [0, 0.05) is 24.7 Å². The molecule has 0 bridgehead atoms. The number of hydrogen-bond donors (Lipinski definition) is 5. The van der Waals surface area contributed by atoms with Crippen molar-refractivity contribution in [2.75, 3.05) is 6.54 Å². The van der Waals surface area contributed by atoms with E-state index in [0.29, 0.717) is 34.3 Å². The monoisotopic (exact) mass is 516 g/mol. The predicted octanol–water partition coefficient (Wildman–Crippen LogP) is 4.30. The number of nitrogens with one attached hydrogen (secondary N) is 2. The van der Waals surface area contributed by atoms with Gasteiger partial charge in [0.15, 0.2) is 0 Å². The molecule has 0 heterocycles. The molecule has 2 atom stereocenters. The van der Waals surface area contributed by atoms with Gasteiger partial charge in [-0.15, -0.1) is 0 Å². The van der Waals surface area contributed by atoms with Gasteiger partial charge in [-0.1, -0.05) is 59.6 Å². The van der Waals surface area contributed by atoms with Crippen molar-refractivity contribution in [2.45, 2.75) is 45.1 Å². The molecule has 3 aromatic carbocycles. The molecule has 0 spiro atoms. The molecular weight excluding hydrogens is 487 g/mol. The molecule has 0 aromatic heterocycles. The maximum absolute atomic E-state index is 12.4. The summed E-state index contributed by atoms with van der Waals surface area (Å²) in [7, 11) is 0. The van der Waals surface area contributed by atoms with Crippen molar-refractivity contribution in [3.8, 4) is 5.75 Å². The fourth-order valence-electron chi connectivity index (χ4n) is 3.76. The summed E-state index contributed by atoms with van der Waals surface area (Å²) in [5.41, 5.74) is 3.89. The summed E-state index contributed by atoms with van der Waals surface area (Å²) in [5.74, 6) is -0.0774. The van der Waals surface area contributed by atoms with Gasteiger partial charge in [-0.2, -0.15) is 0 Å². The molecule has 8 heteroatoms. The molecule has 0 saturated carbocycles. The third-order valence-corrected chi connectivity index (χ3v) is 6.43. The average molecular weight is 517 g/mol. The number of aliphatic hydroxyl groups excluding tert-OH is 2. The first-order valence-electron chi connectivity index (χ1n) is 11.4. The van der Waals surface area contributed by atoms with E-state index in [-0.39, 0.29) is 30.7 Å². The van der Waals surface area contributed by atoms with Crippen LogP contribution in [0, 0.1) is 0 Å². The van der Waals surface area contributed by atoms with Gasteiger partial charge < -0.3 is 26.0 Å². The summed E-state index contributed by atoms with van der Waals surface area (Å²) in [6, 6.07) is 18.0. The second-order valence-corrected chi connectivity index (χ2v) is 9.41. The second-order valence-electron chi connectivity index (χ2n) is 8.60. The van der Waals surface area contributed by atoms with Crippen LogP contribution in [0.15, 0.2) is 60.7 Å². The lowest BCUT2D eigenvalue weighted by atomic mass is 10.0. The summed E-state index contributed by atoms with van der Waals surface area (Å²) in [6.07, 6.45) is 0.223. The van der Waals surface area contributed by atoms with E-state index in [1.165, 1.54) is 6.07 Å². The number of carbonyl (C=O) groups excluding carboxylic acids is 1. The Hall–Kier alpha value is -2.61. The van der Waals surface area contributed by atoms with Crippen LogP contribution in [0.3, 0.4) is 0 Å². The molecule has 186 valence electrons. The number of hydrogen-bond acceptors (Lipinski definition) is 5. The van der Waals surface area contributed by atoms with Gasteiger partial charge in [0.25, 0.3) is 0 Å². The lowest BCUT2D eigenvalue weighted by Gasteiger charge is -2.18. The molecule has 0 aliphatic carbocycles. The molecule has 0 aliphatic heterocycles. The van der Waals surface area contributed by atoms with Crippen molar-refractivity contribution in [3.05, 3.63) is 98.5 Å². The van der Waals surface area contributed by atoms with Crippen LogP contribution < -0.4 is 10.6 Å². The SMILES string of the molecule is CC(Cc1cccc(CC(=O)NCc2ccc(Cl)c(Cl)c2)c1)NC[C@H](O)c1ccc(O)c(CO)c1. The van der Waals surface area contributed by atoms with E-state index >= 15 is 0 Å². The van der Waals surface area contributed by atoms with E-state index in [0.717, 1.165) is 23.1 Å². The Morgan fingerprint density at radius 3 is 2.49 bits per heavy atom. The van der Waals surface area contributed by atoms with Gasteiger partial charge in [-0.25, -0.2) is 0 Å². The molecule has 5 N–H and O–H groups in total. The molecule has 0 fully saturated rings. The predicted molar refractivity (Wildman–Crippen MR) is 139 cm³/mol. The molecule has 0 radical (unpaired) electrons. The molecule has 3 aromatic rings. The summed E-state index contributed by atoms with van der Waals surface area (Å²) in [4.78, 5) is 12.4. The standard InChI is InChI=1S/C27H30Cl2N2O4/c1-17(30-15-26(34)21-6-8-25(33)22(13-21)16-32)9-18-3-2-4-19(10-18)12-27(35)31-14-20-5-7-23(28)24(29)11-20/h2-8,10-11,13,17,26,30,32-34H,9,12,14-16H2,1H3,(H,31,35)/t17?,26-/m0/s1. The highest BCUT2D eigenvalue weighted by atomic mass is 35.5. The van der Waals surface area contributed by atoms with Gasteiger partial charge in [-0.05, 0) is 59.9 Å². The lowest BCUT2D eigenvalue weighted by Crippen LogP contribution is -2.32. The first-order chi connectivity index (χ1) is 16.7. The number of phenols is 1. The van der Waals surface area contributed by atoms with Crippen LogP contribution >= 0.6 is 23.2 Å². The minimum Gasteiger partial charge on any atom is -0.508 e. The fraction of sp³-hybridized carbons (Fsp3) is 0.296. The number of aromatic hydroxyl groups is 1. The summed E-state index contributed by atoms with van der Waals surface area (Å²) in [6.45, 7) is 2.44. The summed E-state index contributed by atoms with van der Waals surface area (Å²) < 4.78 is 0. The summed E-state index contributed by atoms with van der Waals surface area (Å²) >= 11 is 12.0. The van der Waals surface area contributed by atoms with Gasteiger partial charge >= 0.3 is 0 Å². The Kier molecular flexibility index (Phi) is 9.95. The van der Waals surface area contributed by atoms with Crippen LogP contribution in [0.5, 0.6) is 5.75 Å². The van der Waals surface area contributed by atoms with Crippen molar-refractivity contribution < 1.29 is 20.1 Å². The molecule has 0 saturated heterocycles. The lowest BCUT2D eigenvalue weighted by molar-refractivity contribution is -0.120. The van der Waals surface area contributed by atoms with Gasteiger partial charge in [0.2, 0.25) is 5.91 Å². The van der Waals surface area contributed by atoms with Gasteiger partial charge in [0.1, 0.15) is 5.75 Å². The van der Waals surface area contributed by atoms with Crippen LogP contribution in [-0.2, 0) is 30.8 Å². The number of halogens is 2. The number of amides is 1. The molecule has 1 unspecified atom stereocenters. The largest absolute Gasteiger partial charge is 0.508 e. The second kappa shape index (κ2) is 12.9. The molecule has 35 heavy (non-hydrogen) atoms. The minimum absolute atomic E-state index is 0.00715. The topological polar surface area (TPSA) is 102 Å². The van der Waals surface area contributed by atoms with E-state index in [9.17, 15) is 20.1 Å². The van der Waals surface area contributed by atoms with Crippen molar-refractivity contribution in [3.63, 3.8) is 0 Å². The Bertz CT molecular complexity index is 1160. The molecule has 6 nitrogen and oxygen atoms in total. The third kappa shape index (κ3) is 8.23. The number of rotatable bonds is 11. The normalized spacial score (nSPS) is 12.8. The zero-order valence-corrected chi connectivity index (χ0v) is 21.0. The van der Waals surface area contributed by atoms with E-state index in [2.05, 4.69) is 10.6 Å². The van der Waals surface area contributed by atoms with E-state index in [1.807, 2.05) is 37.3 Å². The number of aliphatic hydroxyl groups is 2. The van der Waals surface area contributed by atoms with Crippen molar-refractivity contribution in [1.82, 2.24) is 10.6 Å². The highest BCUT2D eigenvalue weighted by molar-refractivity contribution is 6.42. The maximum Gasteiger partial charge on any atom is 0.224 e. The third-order valence-electron chi connectivity index (χ3n) is 5.69. The van der Waals surface area contributed by atoms with Crippen LogP contribution in [0.1, 0.15) is 40.8 Å².